The topological polar surface area (TPSA) is 61.4 Å². The number of anilines is 2. The molecule has 1 amide bonds. The first-order valence-corrected chi connectivity index (χ1v) is 12.0. The van der Waals surface area contributed by atoms with Gasteiger partial charge in [0.15, 0.2) is 0 Å². The van der Waals surface area contributed by atoms with E-state index in [4.69, 9.17) is 0 Å². The normalized spacial score (nSPS) is 19.9. The van der Waals surface area contributed by atoms with Crippen LogP contribution in [-0.4, -0.2) is 53.0 Å². The zero-order chi connectivity index (χ0) is 21.4. The van der Waals surface area contributed by atoms with Crippen molar-refractivity contribution in [3.63, 3.8) is 0 Å². The van der Waals surface area contributed by atoms with Crippen molar-refractivity contribution in [3.05, 3.63) is 47.1 Å². The Morgan fingerprint density at radius 3 is 2.61 bits per heavy atom. The first-order valence-electron chi connectivity index (χ1n) is 11.2. The van der Waals surface area contributed by atoms with Gasteiger partial charge in [-0.15, -0.1) is 11.3 Å². The Hall–Kier alpha value is -2.67. The van der Waals surface area contributed by atoms with Crippen molar-refractivity contribution in [1.82, 2.24) is 14.9 Å². The number of aromatic nitrogens is 2. The molecular formula is C24H29N5OS. The Balaban J connectivity index is 1.20. The predicted molar refractivity (Wildman–Crippen MR) is 127 cm³/mol. The van der Waals surface area contributed by atoms with Crippen molar-refractivity contribution in [3.8, 4) is 0 Å². The zero-order valence-electron chi connectivity index (χ0n) is 18.2. The third-order valence-electron chi connectivity index (χ3n) is 6.73. The number of aryl methyl sites for hydroxylation is 2. The van der Waals surface area contributed by atoms with Crippen LogP contribution in [-0.2, 0) is 4.79 Å². The molecule has 31 heavy (non-hydrogen) atoms. The molecule has 3 aromatic rings. The third kappa shape index (κ3) is 3.99. The van der Waals surface area contributed by atoms with Crippen LogP contribution in [0.15, 0.2) is 36.7 Å². The molecule has 0 aliphatic carbocycles. The lowest BCUT2D eigenvalue weighted by molar-refractivity contribution is -0.135. The highest BCUT2D eigenvalue weighted by Crippen LogP contribution is 2.36. The molecule has 1 aromatic carbocycles. The van der Waals surface area contributed by atoms with E-state index in [0.717, 1.165) is 61.8 Å². The maximum absolute atomic E-state index is 13.2. The van der Waals surface area contributed by atoms with Crippen LogP contribution in [0.5, 0.6) is 0 Å². The molecule has 1 unspecified atom stereocenters. The van der Waals surface area contributed by atoms with Gasteiger partial charge in [0.1, 0.15) is 17.0 Å². The lowest BCUT2D eigenvalue weighted by Crippen LogP contribution is -2.42. The summed E-state index contributed by atoms with van der Waals surface area (Å²) in [5, 5.41) is 4.75. The van der Waals surface area contributed by atoms with Gasteiger partial charge in [-0.2, -0.15) is 0 Å². The minimum atomic E-state index is 0.120. The van der Waals surface area contributed by atoms with E-state index in [9.17, 15) is 4.79 Å². The lowest BCUT2D eigenvalue weighted by atomic mass is 9.95. The molecule has 1 N–H and O–H groups in total. The Labute approximate surface area is 187 Å². The van der Waals surface area contributed by atoms with E-state index in [1.54, 1.807) is 17.7 Å². The molecule has 0 bridgehead atoms. The second kappa shape index (κ2) is 8.46. The summed E-state index contributed by atoms with van der Waals surface area (Å²) < 4.78 is 0. The second-order valence-electron chi connectivity index (χ2n) is 8.70. The number of para-hydroxylation sites is 1. The highest BCUT2D eigenvalue weighted by Gasteiger charge is 2.33. The molecular weight excluding hydrogens is 406 g/mol. The lowest BCUT2D eigenvalue weighted by Gasteiger charge is -2.34. The number of nitrogens with one attached hydrogen (secondary N) is 1. The quantitative estimate of drug-likeness (QED) is 0.664. The fourth-order valence-electron chi connectivity index (χ4n) is 4.85. The molecule has 2 saturated heterocycles. The van der Waals surface area contributed by atoms with E-state index < -0.39 is 0 Å². The van der Waals surface area contributed by atoms with Gasteiger partial charge in [0.25, 0.3) is 0 Å². The molecule has 6 nitrogen and oxygen atoms in total. The number of rotatable bonds is 4. The van der Waals surface area contributed by atoms with Gasteiger partial charge in [0.2, 0.25) is 5.91 Å². The monoisotopic (exact) mass is 435 g/mol. The standard InChI is InChI=1S/C24H29N5OS/c1-16-17(2)31-23-21(16)22(25-15-26-23)28-11-8-18(9-12-28)24(30)29-13-10-20(14-29)27-19-6-4-3-5-7-19/h3-7,15,18,20,27H,8-14H2,1-2H3. The third-order valence-corrected chi connectivity index (χ3v) is 7.85. The van der Waals surface area contributed by atoms with Crippen LogP contribution in [0.25, 0.3) is 10.2 Å². The molecule has 5 rings (SSSR count). The van der Waals surface area contributed by atoms with Gasteiger partial charge in [-0.25, -0.2) is 9.97 Å². The van der Waals surface area contributed by atoms with Gasteiger partial charge in [-0.05, 0) is 50.8 Å². The van der Waals surface area contributed by atoms with Crippen molar-refractivity contribution in [2.24, 2.45) is 5.92 Å². The Bertz CT molecular complexity index is 1070. The molecule has 2 aliphatic rings. The molecule has 0 spiro atoms. The van der Waals surface area contributed by atoms with Crippen molar-refractivity contribution in [2.75, 3.05) is 36.4 Å². The van der Waals surface area contributed by atoms with Gasteiger partial charge in [0, 0.05) is 48.7 Å². The molecule has 1 atom stereocenters. The van der Waals surface area contributed by atoms with E-state index in [1.165, 1.54) is 15.8 Å². The molecule has 4 heterocycles. The number of likely N-dealkylation sites (tertiary alicyclic amines) is 1. The van der Waals surface area contributed by atoms with Crippen LogP contribution in [0.2, 0.25) is 0 Å². The fraction of sp³-hybridized carbons (Fsp3) is 0.458. The van der Waals surface area contributed by atoms with Crippen LogP contribution in [0.4, 0.5) is 11.5 Å². The summed E-state index contributed by atoms with van der Waals surface area (Å²) in [5.74, 6) is 1.48. The number of thiophene rings is 1. The van der Waals surface area contributed by atoms with Crippen molar-refractivity contribution in [1.29, 1.82) is 0 Å². The molecule has 0 saturated carbocycles. The maximum atomic E-state index is 13.2. The molecule has 162 valence electrons. The number of piperidine rings is 1. The van der Waals surface area contributed by atoms with Crippen molar-refractivity contribution < 1.29 is 4.79 Å². The van der Waals surface area contributed by atoms with E-state index in [-0.39, 0.29) is 5.92 Å². The minimum Gasteiger partial charge on any atom is -0.380 e. The van der Waals surface area contributed by atoms with Crippen molar-refractivity contribution >= 4 is 39.0 Å². The SMILES string of the molecule is Cc1sc2ncnc(N3CCC(C(=O)N4CCC(Nc5ccccc5)C4)CC3)c2c1C. The number of benzene rings is 1. The highest BCUT2D eigenvalue weighted by molar-refractivity contribution is 7.18. The molecule has 7 heteroatoms. The summed E-state index contributed by atoms with van der Waals surface area (Å²) in [6.45, 7) is 7.70. The minimum absolute atomic E-state index is 0.120. The average molecular weight is 436 g/mol. The van der Waals surface area contributed by atoms with Crippen LogP contribution >= 0.6 is 11.3 Å². The summed E-state index contributed by atoms with van der Waals surface area (Å²) in [6, 6.07) is 10.6. The smallest absolute Gasteiger partial charge is 0.225 e. The van der Waals surface area contributed by atoms with Crippen LogP contribution in [0.1, 0.15) is 29.7 Å². The number of amides is 1. The van der Waals surface area contributed by atoms with Crippen LogP contribution in [0.3, 0.4) is 0 Å². The second-order valence-corrected chi connectivity index (χ2v) is 9.91. The Kier molecular flexibility index (Phi) is 5.52. The van der Waals surface area contributed by atoms with Gasteiger partial charge in [-0.1, -0.05) is 18.2 Å². The predicted octanol–water partition coefficient (Wildman–Crippen LogP) is 4.24. The molecule has 0 radical (unpaired) electrons. The van der Waals surface area contributed by atoms with E-state index >= 15 is 0 Å². The van der Waals surface area contributed by atoms with Crippen LogP contribution in [0, 0.1) is 19.8 Å². The number of fused-ring (bicyclic) bond motifs is 1. The molecule has 2 aliphatic heterocycles. The average Bonchev–Trinajstić information content (AvgIpc) is 3.38. The van der Waals surface area contributed by atoms with Gasteiger partial charge in [-0.3, -0.25) is 4.79 Å². The van der Waals surface area contributed by atoms with Gasteiger partial charge < -0.3 is 15.1 Å². The molecule has 2 aromatic heterocycles. The Morgan fingerprint density at radius 1 is 1.06 bits per heavy atom. The first kappa shape index (κ1) is 20.2. The van der Waals surface area contributed by atoms with Crippen LogP contribution < -0.4 is 10.2 Å². The number of hydrogen-bond donors (Lipinski definition) is 1. The fourth-order valence-corrected chi connectivity index (χ4v) is 5.84. The van der Waals surface area contributed by atoms with E-state index in [1.807, 2.05) is 18.2 Å². The summed E-state index contributed by atoms with van der Waals surface area (Å²) >= 11 is 1.74. The maximum Gasteiger partial charge on any atom is 0.225 e. The Morgan fingerprint density at radius 2 is 1.84 bits per heavy atom. The molecule has 2 fully saturated rings. The number of carbonyl (C=O) groups is 1. The van der Waals surface area contributed by atoms with Gasteiger partial charge in [0.05, 0.1) is 5.39 Å². The van der Waals surface area contributed by atoms with Gasteiger partial charge >= 0.3 is 0 Å². The first-order chi connectivity index (χ1) is 15.1. The van der Waals surface area contributed by atoms with E-state index in [2.05, 4.69) is 51.1 Å². The zero-order valence-corrected chi connectivity index (χ0v) is 19.0. The summed E-state index contributed by atoms with van der Waals surface area (Å²) in [5.41, 5.74) is 2.41. The summed E-state index contributed by atoms with van der Waals surface area (Å²) in [6.07, 6.45) is 4.46. The summed E-state index contributed by atoms with van der Waals surface area (Å²) in [7, 11) is 0. The number of hydrogen-bond acceptors (Lipinski definition) is 6. The number of carbonyl (C=O) groups excluding carboxylic acids is 1. The largest absolute Gasteiger partial charge is 0.380 e. The van der Waals surface area contributed by atoms with E-state index in [0.29, 0.717) is 11.9 Å². The summed E-state index contributed by atoms with van der Waals surface area (Å²) in [4.78, 5) is 29.0. The van der Waals surface area contributed by atoms with Crippen molar-refractivity contribution in [2.45, 2.75) is 39.2 Å². The number of nitrogens with zero attached hydrogens (tertiary/aromatic N) is 4. The highest BCUT2D eigenvalue weighted by atomic mass is 32.1.